The van der Waals surface area contributed by atoms with E-state index in [0.29, 0.717) is 22.7 Å². The van der Waals surface area contributed by atoms with Gasteiger partial charge in [0.05, 0.1) is 28.1 Å². The Bertz CT molecular complexity index is 601. The number of non-ortho nitro benzene ring substituents is 1. The van der Waals surface area contributed by atoms with Crippen molar-refractivity contribution in [3.8, 4) is 0 Å². The fourth-order valence-electron chi connectivity index (χ4n) is 1.87. The van der Waals surface area contributed by atoms with E-state index in [1.165, 1.54) is 12.3 Å². The van der Waals surface area contributed by atoms with Crippen LogP contribution in [0.2, 0.25) is 0 Å². The van der Waals surface area contributed by atoms with Gasteiger partial charge >= 0.3 is 0 Å². The molecule has 0 fully saturated rings. The predicted octanol–water partition coefficient (Wildman–Crippen LogP) is 1.65. The fraction of sp³-hybridized carbons (Fsp3) is 0.364. The maximum absolute atomic E-state index is 11.0. The van der Waals surface area contributed by atoms with E-state index in [0.717, 1.165) is 0 Å². The van der Waals surface area contributed by atoms with Crippen LogP contribution in [0.15, 0.2) is 18.3 Å². The Morgan fingerprint density at radius 2 is 2.21 bits per heavy atom. The highest BCUT2D eigenvalue weighted by atomic mass is 79.9. The average molecular weight is 330 g/mol. The number of aliphatic hydroxyl groups excluding tert-OH is 2. The number of nitro benzene ring substituents is 1. The Morgan fingerprint density at radius 1 is 1.47 bits per heavy atom. The van der Waals surface area contributed by atoms with Gasteiger partial charge in [0.15, 0.2) is 0 Å². The number of benzene rings is 1. The first-order valence-electron chi connectivity index (χ1n) is 5.58. The van der Waals surface area contributed by atoms with Gasteiger partial charge in [-0.1, -0.05) is 15.9 Å². The summed E-state index contributed by atoms with van der Waals surface area (Å²) in [6.45, 7) is 0. The minimum atomic E-state index is -1.18. The molecule has 19 heavy (non-hydrogen) atoms. The number of H-pyrrole nitrogens is 1. The molecular formula is C11H12BrN3O4. The number of alkyl halides is 1. The smallest absolute Gasteiger partial charge is 0.280 e. The average Bonchev–Trinajstić information content (AvgIpc) is 2.84. The van der Waals surface area contributed by atoms with Crippen molar-refractivity contribution in [2.75, 3.05) is 5.33 Å². The molecule has 2 unspecified atom stereocenters. The van der Waals surface area contributed by atoms with Gasteiger partial charge in [0.2, 0.25) is 0 Å². The molecule has 1 aromatic heterocycles. The first-order valence-corrected chi connectivity index (χ1v) is 6.70. The van der Waals surface area contributed by atoms with Crippen molar-refractivity contribution in [3.05, 3.63) is 34.0 Å². The van der Waals surface area contributed by atoms with Crippen LogP contribution in [0.5, 0.6) is 0 Å². The molecular weight excluding hydrogens is 318 g/mol. The quantitative estimate of drug-likeness (QED) is 0.438. The second-order valence-corrected chi connectivity index (χ2v) is 4.91. The van der Waals surface area contributed by atoms with Crippen LogP contribution in [-0.2, 0) is 0 Å². The minimum Gasteiger partial charge on any atom is -0.390 e. The molecule has 0 saturated heterocycles. The van der Waals surface area contributed by atoms with Crippen LogP contribution in [0.3, 0.4) is 0 Å². The number of rotatable bonds is 5. The maximum Gasteiger partial charge on any atom is 0.280 e. The summed E-state index contributed by atoms with van der Waals surface area (Å²) in [5.74, 6) is 0. The summed E-state index contributed by atoms with van der Waals surface area (Å²) in [7, 11) is 0. The van der Waals surface area contributed by atoms with Crippen molar-refractivity contribution in [2.45, 2.75) is 18.6 Å². The molecule has 0 radical (unpaired) electrons. The lowest BCUT2D eigenvalue weighted by molar-refractivity contribution is -0.383. The molecule has 8 heteroatoms. The van der Waals surface area contributed by atoms with Gasteiger partial charge in [0.25, 0.3) is 5.69 Å². The van der Waals surface area contributed by atoms with Crippen LogP contribution < -0.4 is 0 Å². The summed E-state index contributed by atoms with van der Waals surface area (Å²) < 4.78 is 0. The van der Waals surface area contributed by atoms with Crippen molar-refractivity contribution in [2.24, 2.45) is 0 Å². The van der Waals surface area contributed by atoms with Gasteiger partial charge in [-0.3, -0.25) is 15.2 Å². The summed E-state index contributed by atoms with van der Waals surface area (Å²) in [6, 6.07) is 2.82. The van der Waals surface area contributed by atoms with Crippen LogP contribution in [0, 0.1) is 10.1 Å². The van der Waals surface area contributed by atoms with E-state index in [1.54, 1.807) is 6.07 Å². The summed E-state index contributed by atoms with van der Waals surface area (Å²) in [5.41, 5.74) is 0.595. The number of nitrogens with one attached hydrogen (secondary N) is 1. The number of halogens is 1. The fourth-order valence-corrected chi connectivity index (χ4v) is 2.34. The molecule has 2 aromatic rings. The molecule has 3 N–H and O–H groups in total. The second kappa shape index (κ2) is 5.64. The number of fused-ring (bicyclic) bond motifs is 1. The summed E-state index contributed by atoms with van der Waals surface area (Å²) >= 11 is 3.17. The lowest BCUT2D eigenvalue weighted by atomic mass is 10.0. The van der Waals surface area contributed by atoms with Crippen LogP contribution in [-0.4, -0.2) is 36.8 Å². The Hall–Kier alpha value is -1.51. The van der Waals surface area contributed by atoms with Gasteiger partial charge in [0.1, 0.15) is 6.10 Å². The molecule has 0 aliphatic heterocycles. The number of aliphatic hydroxyl groups is 2. The highest BCUT2D eigenvalue weighted by Gasteiger charge is 2.23. The van der Waals surface area contributed by atoms with Crippen LogP contribution in [0.4, 0.5) is 5.69 Å². The first-order chi connectivity index (χ1) is 9.04. The molecule has 2 atom stereocenters. The summed E-state index contributed by atoms with van der Waals surface area (Å²) in [5, 5.41) is 38.0. The van der Waals surface area contributed by atoms with Crippen molar-refractivity contribution in [1.82, 2.24) is 10.2 Å². The van der Waals surface area contributed by atoms with Gasteiger partial charge in [-0.15, -0.1) is 0 Å². The zero-order chi connectivity index (χ0) is 14.0. The number of nitrogens with zero attached hydrogens (tertiary/aromatic N) is 2. The highest BCUT2D eigenvalue weighted by molar-refractivity contribution is 9.09. The number of hydrogen-bond acceptors (Lipinski definition) is 5. The molecule has 2 rings (SSSR count). The number of aromatic nitrogens is 2. The van der Waals surface area contributed by atoms with E-state index in [9.17, 15) is 20.3 Å². The third-order valence-corrected chi connectivity index (χ3v) is 3.32. The van der Waals surface area contributed by atoms with E-state index >= 15 is 0 Å². The Balaban J connectivity index is 2.46. The number of aromatic amines is 1. The third-order valence-electron chi connectivity index (χ3n) is 2.87. The summed E-state index contributed by atoms with van der Waals surface area (Å²) in [4.78, 5) is 10.5. The van der Waals surface area contributed by atoms with E-state index in [2.05, 4.69) is 26.1 Å². The van der Waals surface area contributed by atoms with Crippen molar-refractivity contribution in [3.63, 3.8) is 0 Å². The van der Waals surface area contributed by atoms with Crippen molar-refractivity contribution < 1.29 is 15.1 Å². The molecule has 1 heterocycles. The van der Waals surface area contributed by atoms with Gasteiger partial charge in [0, 0.05) is 11.4 Å². The molecule has 0 saturated carbocycles. The standard InChI is InChI=1S/C11H12BrN3O4/c12-2-1-10(16)11(17)6-3-8-7(5-13-14-8)9(4-6)15(18)19/h3-5,10-11,16-17H,1-2H2,(H,13,14). The number of hydrogen-bond donors (Lipinski definition) is 3. The van der Waals surface area contributed by atoms with Gasteiger partial charge in [-0.2, -0.15) is 5.10 Å². The van der Waals surface area contributed by atoms with E-state index in [-0.39, 0.29) is 11.3 Å². The Kier molecular flexibility index (Phi) is 4.13. The molecule has 0 aliphatic rings. The van der Waals surface area contributed by atoms with Crippen LogP contribution in [0.25, 0.3) is 10.9 Å². The second-order valence-electron chi connectivity index (χ2n) is 4.12. The van der Waals surface area contributed by atoms with E-state index < -0.39 is 17.1 Å². The normalized spacial score (nSPS) is 14.5. The molecule has 0 amide bonds. The van der Waals surface area contributed by atoms with Gasteiger partial charge in [-0.25, -0.2) is 0 Å². The maximum atomic E-state index is 11.0. The van der Waals surface area contributed by atoms with Crippen molar-refractivity contribution in [1.29, 1.82) is 0 Å². The Morgan fingerprint density at radius 3 is 2.84 bits per heavy atom. The highest BCUT2D eigenvalue weighted by Crippen LogP contribution is 2.30. The molecule has 0 aliphatic carbocycles. The predicted molar refractivity (Wildman–Crippen MR) is 72.1 cm³/mol. The lowest BCUT2D eigenvalue weighted by Crippen LogP contribution is -2.18. The van der Waals surface area contributed by atoms with Gasteiger partial charge < -0.3 is 10.2 Å². The zero-order valence-corrected chi connectivity index (χ0v) is 11.4. The van der Waals surface area contributed by atoms with E-state index in [4.69, 9.17) is 0 Å². The SMILES string of the molecule is O=[N+]([O-])c1cc(C(O)C(O)CCBr)cc2[nH]ncc12. The van der Waals surface area contributed by atoms with Crippen LogP contribution >= 0.6 is 15.9 Å². The molecule has 0 spiro atoms. The largest absolute Gasteiger partial charge is 0.390 e. The molecule has 1 aromatic carbocycles. The Labute approximate surface area is 116 Å². The monoisotopic (exact) mass is 329 g/mol. The zero-order valence-electron chi connectivity index (χ0n) is 9.78. The topological polar surface area (TPSA) is 112 Å². The molecule has 102 valence electrons. The molecule has 7 nitrogen and oxygen atoms in total. The third kappa shape index (κ3) is 2.75. The molecule has 0 bridgehead atoms. The van der Waals surface area contributed by atoms with E-state index in [1.807, 2.05) is 0 Å². The van der Waals surface area contributed by atoms with Crippen LogP contribution in [0.1, 0.15) is 18.1 Å². The van der Waals surface area contributed by atoms with Crippen molar-refractivity contribution >= 4 is 32.5 Å². The minimum absolute atomic E-state index is 0.147. The lowest BCUT2D eigenvalue weighted by Gasteiger charge is -2.17. The first kappa shape index (κ1) is 13.9. The summed E-state index contributed by atoms with van der Waals surface area (Å²) in [6.07, 6.45) is -0.461. The van der Waals surface area contributed by atoms with Gasteiger partial charge in [-0.05, 0) is 18.1 Å². The number of nitro groups is 1.